The van der Waals surface area contributed by atoms with Crippen LogP contribution in [-0.2, 0) is 0 Å². The summed E-state index contributed by atoms with van der Waals surface area (Å²) in [4.78, 5) is 5.54. The summed E-state index contributed by atoms with van der Waals surface area (Å²) in [6.45, 7) is 0.260. The third-order valence-corrected chi connectivity index (χ3v) is 9.08. The third kappa shape index (κ3) is 3.03. The van der Waals surface area contributed by atoms with Crippen molar-refractivity contribution in [1.82, 2.24) is 0 Å². The number of hydrogen-bond acceptors (Lipinski definition) is 2. The van der Waals surface area contributed by atoms with Crippen LogP contribution in [0.15, 0.2) is 135 Å². The fraction of sp³-hybridized carbons (Fsp3) is 0. The van der Waals surface area contributed by atoms with Gasteiger partial charge >= 0.3 is 0 Å². The van der Waals surface area contributed by atoms with Gasteiger partial charge in [0.1, 0.15) is 0 Å². The second-order valence-corrected chi connectivity index (χ2v) is 10.6. The van der Waals surface area contributed by atoms with Crippen LogP contribution in [0, 0.1) is 0 Å². The Morgan fingerprint density at radius 2 is 0.879 bits per heavy atom. The molecule has 7 rings (SSSR count). The Labute approximate surface area is 203 Å². The first-order valence-electron chi connectivity index (χ1n) is 11.2. The SMILES string of the molecule is c1ccc(-c2cc(-c3ccccc3)c3c4c2Sc2ccccc2B4c2ccccc2S3)cc1. The third-order valence-electron chi connectivity index (χ3n) is 6.61. The molecular formula is C30H19BS2. The maximum absolute atomic E-state index is 2.43. The van der Waals surface area contributed by atoms with E-state index in [2.05, 4.69) is 115 Å². The lowest BCUT2D eigenvalue weighted by molar-refractivity contribution is 1.33. The van der Waals surface area contributed by atoms with Gasteiger partial charge in [-0.2, -0.15) is 0 Å². The summed E-state index contributed by atoms with van der Waals surface area (Å²) >= 11 is 3.87. The Balaban J connectivity index is 1.61. The van der Waals surface area contributed by atoms with Gasteiger partial charge in [-0.3, -0.25) is 0 Å². The minimum atomic E-state index is 0.260. The van der Waals surface area contributed by atoms with Gasteiger partial charge in [0, 0.05) is 19.6 Å². The predicted octanol–water partition coefficient (Wildman–Crippen LogP) is 6.47. The molecule has 154 valence electrons. The van der Waals surface area contributed by atoms with Crippen LogP contribution in [0.1, 0.15) is 0 Å². The lowest BCUT2D eigenvalue weighted by Gasteiger charge is -2.35. The van der Waals surface area contributed by atoms with Crippen LogP contribution in [0.4, 0.5) is 0 Å². The fourth-order valence-corrected chi connectivity index (χ4v) is 7.78. The molecule has 0 nitrogen and oxygen atoms in total. The molecule has 0 amide bonds. The van der Waals surface area contributed by atoms with E-state index in [9.17, 15) is 0 Å². The van der Waals surface area contributed by atoms with Crippen LogP contribution in [0.5, 0.6) is 0 Å². The van der Waals surface area contributed by atoms with Crippen LogP contribution in [-0.4, -0.2) is 6.71 Å². The highest BCUT2D eigenvalue weighted by Gasteiger charge is 2.40. The lowest BCUT2D eigenvalue weighted by Crippen LogP contribution is -2.58. The summed E-state index contributed by atoms with van der Waals surface area (Å²) in [5.74, 6) is 0. The van der Waals surface area contributed by atoms with Crippen molar-refractivity contribution < 1.29 is 0 Å². The lowest BCUT2D eigenvalue weighted by atomic mass is 9.36. The molecule has 5 aromatic rings. The predicted molar refractivity (Wildman–Crippen MR) is 143 cm³/mol. The van der Waals surface area contributed by atoms with Crippen molar-refractivity contribution in [2.45, 2.75) is 19.6 Å². The monoisotopic (exact) mass is 454 g/mol. The van der Waals surface area contributed by atoms with Crippen molar-refractivity contribution in [3.63, 3.8) is 0 Å². The number of fused-ring (bicyclic) bond motifs is 4. The topological polar surface area (TPSA) is 0 Å². The van der Waals surface area contributed by atoms with Crippen molar-refractivity contribution in [2.24, 2.45) is 0 Å². The van der Waals surface area contributed by atoms with Gasteiger partial charge in [0.15, 0.2) is 0 Å². The summed E-state index contributed by atoms with van der Waals surface area (Å²) < 4.78 is 0. The first-order valence-corrected chi connectivity index (χ1v) is 12.9. The van der Waals surface area contributed by atoms with E-state index in [0.717, 1.165) is 0 Å². The molecule has 0 aromatic heterocycles. The molecule has 2 heterocycles. The van der Waals surface area contributed by atoms with Gasteiger partial charge in [-0.15, -0.1) is 0 Å². The van der Waals surface area contributed by atoms with Crippen molar-refractivity contribution in [3.05, 3.63) is 115 Å². The van der Waals surface area contributed by atoms with Crippen LogP contribution < -0.4 is 16.4 Å². The van der Waals surface area contributed by atoms with E-state index in [1.165, 1.54) is 58.2 Å². The van der Waals surface area contributed by atoms with E-state index in [0.29, 0.717) is 0 Å². The van der Waals surface area contributed by atoms with Gasteiger partial charge in [0.2, 0.25) is 6.71 Å². The van der Waals surface area contributed by atoms with E-state index in [4.69, 9.17) is 0 Å². The Kier molecular flexibility index (Phi) is 4.53. The molecule has 5 aromatic carbocycles. The maximum atomic E-state index is 2.43. The number of hydrogen-bond donors (Lipinski definition) is 0. The standard InChI is InChI=1S/C30H19BS2/c1-3-11-20(12-4-1)22-19-23(21-13-5-2-6-14-21)30-28-29(22)32-26-17-9-7-15-24(26)31(28)25-16-8-10-18-27(25)33-30/h1-19H. The molecule has 2 aliphatic rings. The minimum Gasteiger partial charge on any atom is -0.0905 e. The van der Waals surface area contributed by atoms with Crippen LogP contribution in [0.2, 0.25) is 0 Å². The van der Waals surface area contributed by atoms with Gasteiger partial charge in [-0.25, -0.2) is 0 Å². The Hall–Kier alpha value is -3.14. The summed E-state index contributed by atoms with van der Waals surface area (Å²) in [6.07, 6.45) is 0. The molecule has 0 fully saturated rings. The first-order chi connectivity index (χ1) is 16.4. The van der Waals surface area contributed by atoms with Crippen LogP contribution >= 0.6 is 23.5 Å². The molecular weight excluding hydrogens is 435 g/mol. The molecule has 0 atom stereocenters. The fourth-order valence-electron chi connectivity index (χ4n) is 5.14. The highest BCUT2D eigenvalue weighted by atomic mass is 32.2. The molecule has 0 radical (unpaired) electrons. The molecule has 3 heteroatoms. The largest absolute Gasteiger partial charge is 0.247 e. The zero-order chi connectivity index (χ0) is 21.8. The molecule has 0 N–H and O–H groups in total. The maximum Gasteiger partial charge on any atom is 0.247 e. The summed E-state index contributed by atoms with van der Waals surface area (Å²) in [5, 5.41) is 0. The first kappa shape index (κ1) is 19.3. The van der Waals surface area contributed by atoms with Gasteiger partial charge in [-0.1, -0.05) is 132 Å². The quantitative estimate of drug-likeness (QED) is 0.275. The van der Waals surface area contributed by atoms with E-state index in [1.807, 2.05) is 23.5 Å². The molecule has 0 saturated carbocycles. The Bertz CT molecular complexity index is 1400. The molecule has 33 heavy (non-hydrogen) atoms. The van der Waals surface area contributed by atoms with Gasteiger partial charge in [-0.05, 0) is 45.9 Å². The minimum absolute atomic E-state index is 0.260. The highest BCUT2D eigenvalue weighted by molar-refractivity contribution is 8.01. The zero-order valence-electron chi connectivity index (χ0n) is 17.9. The molecule has 0 spiro atoms. The van der Waals surface area contributed by atoms with E-state index < -0.39 is 0 Å². The van der Waals surface area contributed by atoms with Gasteiger partial charge < -0.3 is 0 Å². The summed E-state index contributed by atoms with van der Waals surface area (Å²) in [6, 6.07) is 42.1. The summed E-state index contributed by atoms with van der Waals surface area (Å²) in [5.41, 5.74) is 9.54. The van der Waals surface area contributed by atoms with Crippen LogP contribution in [0.3, 0.4) is 0 Å². The summed E-state index contributed by atoms with van der Waals surface area (Å²) in [7, 11) is 0. The molecule has 0 aliphatic carbocycles. The van der Waals surface area contributed by atoms with Crippen molar-refractivity contribution in [2.75, 3.05) is 0 Å². The number of benzene rings is 5. The zero-order valence-corrected chi connectivity index (χ0v) is 19.5. The molecule has 2 aliphatic heterocycles. The molecule has 0 unspecified atom stereocenters. The van der Waals surface area contributed by atoms with Crippen LogP contribution in [0.25, 0.3) is 22.3 Å². The van der Waals surface area contributed by atoms with E-state index in [1.54, 1.807) is 0 Å². The highest BCUT2D eigenvalue weighted by Crippen LogP contribution is 2.46. The van der Waals surface area contributed by atoms with E-state index >= 15 is 0 Å². The second kappa shape index (κ2) is 7.72. The van der Waals surface area contributed by atoms with Crippen molar-refractivity contribution in [3.8, 4) is 22.3 Å². The van der Waals surface area contributed by atoms with Crippen molar-refractivity contribution >= 4 is 46.6 Å². The number of rotatable bonds is 2. The normalized spacial score (nSPS) is 13.2. The smallest absolute Gasteiger partial charge is 0.0905 e. The van der Waals surface area contributed by atoms with Gasteiger partial charge in [0.25, 0.3) is 0 Å². The molecule has 0 bridgehead atoms. The Morgan fingerprint density at radius 1 is 0.455 bits per heavy atom. The Morgan fingerprint density at radius 3 is 1.36 bits per heavy atom. The molecule has 0 saturated heterocycles. The van der Waals surface area contributed by atoms with E-state index in [-0.39, 0.29) is 6.71 Å². The van der Waals surface area contributed by atoms with Crippen molar-refractivity contribution in [1.29, 1.82) is 0 Å². The average molecular weight is 454 g/mol. The second-order valence-electron chi connectivity index (χ2n) is 8.49. The van der Waals surface area contributed by atoms with Gasteiger partial charge in [0.05, 0.1) is 0 Å². The average Bonchev–Trinajstić information content (AvgIpc) is 2.89.